The van der Waals surface area contributed by atoms with E-state index in [4.69, 9.17) is 9.97 Å². The summed E-state index contributed by atoms with van der Waals surface area (Å²) in [6, 6.07) is 74.8. The average molecular weight is 787 g/mol. The molecule has 4 nitrogen and oxygen atoms in total. The zero-order chi connectivity index (χ0) is 40.5. The van der Waals surface area contributed by atoms with E-state index in [1.165, 1.54) is 64.6 Å². The predicted octanol–water partition coefficient (Wildman–Crippen LogP) is 15.3. The first-order chi connectivity index (χ1) is 30.8. The molecule has 0 amide bonds. The van der Waals surface area contributed by atoms with Gasteiger partial charge in [0.05, 0.1) is 33.3 Å². The van der Waals surface area contributed by atoms with Gasteiger partial charge < -0.3 is 4.57 Å². The standard InChI is InChI=1S/C58H34N4/c1-2-18-38(19-3-1)61-49-27-13-12-25-45(49)53-46(26-14-28-50(53)61)57-55-39-20-7-6-15-35(39)29-31-48(55)59-58(60-57)62-51-32-30-44-42-23-9-8-21-40(42)41-22-10-11-24-43(41)54(44)56(51)47-33-36-16-4-5-17-37(36)34-52(47)62/h1-34H. The van der Waals surface area contributed by atoms with Gasteiger partial charge in [0, 0.05) is 43.6 Å². The van der Waals surface area contributed by atoms with Gasteiger partial charge in [0.2, 0.25) is 5.95 Å². The molecule has 62 heavy (non-hydrogen) atoms. The second kappa shape index (κ2) is 12.6. The summed E-state index contributed by atoms with van der Waals surface area (Å²) >= 11 is 0. The van der Waals surface area contributed by atoms with Crippen molar-refractivity contribution in [2.24, 2.45) is 0 Å². The van der Waals surface area contributed by atoms with Gasteiger partial charge in [-0.05, 0) is 97.0 Å². The van der Waals surface area contributed by atoms with E-state index in [2.05, 4.69) is 215 Å². The van der Waals surface area contributed by atoms with Crippen LogP contribution >= 0.6 is 0 Å². The zero-order valence-corrected chi connectivity index (χ0v) is 33.4. The summed E-state index contributed by atoms with van der Waals surface area (Å²) in [6.45, 7) is 0. The van der Waals surface area contributed by atoms with Crippen LogP contribution in [0.4, 0.5) is 0 Å². The van der Waals surface area contributed by atoms with Crippen molar-refractivity contribution in [3.05, 3.63) is 206 Å². The highest BCUT2D eigenvalue weighted by molar-refractivity contribution is 6.36. The molecule has 4 heteroatoms. The molecule has 11 aromatic carbocycles. The van der Waals surface area contributed by atoms with Crippen LogP contribution in [0.5, 0.6) is 0 Å². The Hall–Kier alpha value is -8.34. The highest BCUT2D eigenvalue weighted by atomic mass is 15.2. The largest absolute Gasteiger partial charge is 0.309 e. The third-order valence-electron chi connectivity index (χ3n) is 13.2. The van der Waals surface area contributed by atoms with Crippen molar-refractivity contribution in [1.82, 2.24) is 19.1 Å². The van der Waals surface area contributed by atoms with Crippen molar-refractivity contribution >= 4 is 108 Å². The molecule has 14 aromatic rings. The molecule has 0 saturated carbocycles. The number of hydrogen-bond donors (Lipinski definition) is 0. The first kappa shape index (κ1) is 33.5. The first-order valence-electron chi connectivity index (χ1n) is 21.3. The van der Waals surface area contributed by atoms with Gasteiger partial charge in [0.15, 0.2) is 0 Å². The van der Waals surface area contributed by atoms with Gasteiger partial charge >= 0.3 is 0 Å². The van der Waals surface area contributed by atoms with Gasteiger partial charge in [-0.25, -0.2) is 9.97 Å². The van der Waals surface area contributed by atoms with E-state index in [-0.39, 0.29) is 0 Å². The summed E-state index contributed by atoms with van der Waals surface area (Å²) in [5, 5.41) is 18.0. The van der Waals surface area contributed by atoms with Gasteiger partial charge in [-0.2, -0.15) is 0 Å². The van der Waals surface area contributed by atoms with Crippen molar-refractivity contribution in [2.45, 2.75) is 0 Å². The lowest BCUT2D eigenvalue weighted by Crippen LogP contribution is -2.04. The van der Waals surface area contributed by atoms with Crippen LogP contribution in [0.15, 0.2) is 206 Å². The number of benzene rings is 11. The molecule has 14 rings (SSSR count). The summed E-state index contributed by atoms with van der Waals surface area (Å²) in [4.78, 5) is 11.4. The SMILES string of the molecule is c1ccc(-n2c3ccccc3c3c(-c4nc(-n5c6cc7ccccc7cc6c6c7c8ccccc8c8ccccc8c7ccc65)nc5ccc6ccccc6c45)cccc32)cc1. The highest BCUT2D eigenvalue weighted by Crippen LogP contribution is 2.46. The molecule has 0 bridgehead atoms. The lowest BCUT2D eigenvalue weighted by atomic mass is 9.91. The lowest BCUT2D eigenvalue weighted by molar-refractivity contribution is 1.02. The second-order valence-corrected chi connectivity index (χ2v) is 16.5. The van der Waals surface area contributed by atoms with Crippen molar-refractivity contribution in [3.63, 3.8) is 0 Å². The molecule has 0 saturated heterocycles. The summed E-state index contributed by atoms with van der Waals surface area (Å²) in [5.74, 6) is 0.645. The Bertz CT molecular complexity index is 4180. The molecule has 0 fully saturated rings. The Balaban J connectivity index is 1.17. The molecule has 0 N–H and O–H groups in total. The third kappa shape index (κ3) is 4.55. The Morgan fingerprint density at radius 2 is 0.887 bits per heavy atom. The van der Waals surface area contributed by atoms with Gasteiger partial charge in [-0.3, -0.25) is 4.57 Å². The summed E-state index contributed by atoms with van der Waals surface area (Å²) in [6.07, 6.45) is 0. The minimum Gasteiger partial charge on any atom is -0.309 e. The lowest BCUT2D eigenvalue weighted by Gasteiger charge is -2.15. The predicted molar refractivity (Wildman–Crippen MR) is 261 cm³/mol. The summed E-state index contributed by atoms with van der Waals surface area (Å²) in [5.41, 5.74) is 8.47. The summed E-state index contributed by atoms with van der Waals surface area (Å²) < 4.78 is 4.71. The molecule has 0 unspecified atom stereocenters. The zero-order valence-electron chi connectivity index (χ0n) is 33.4. The van der Waals surface area contributed by atoms with Crippen molar-refractivity contribution in [3.8, 4) is 22.9 Å². The van der Waals surface area contributed by atoms with E-state index < -0.39 is 0 Å². The smallest absolute Gasteiger partial charge is 0.235 e. The molecule has 0 spiro atoms. The molecule has 3 heterocycles. The Morgan fingerprint density at radius 3 is 1.68 bits per heavy atom. The van der Waals surface area contributed by atoms with E-state index >= 15 is 0 Å². The van der Waals surface area contributed by atoms with Gasteiger partial charge in [0.25, 0.3) is 0 Å². The fourth-order valence-corrected chi connectivity index (χ4v) is 10.7. The van der Waals surface area contributed by atoms with Gasteiger partial charge in [0.1, 0.15) is 0 Å². The fourth-order valence-electron chi connectivity index (χ4n) is 10.7. The maximum Gasteiger partial charge on any atom is 0.235 e. The fraction of sp³-hybridized carbons (Fsp3) is 0. The number of fused-ring (bicyclic) bond motifs is 17. The molecule has 0 radical (unpaired) electrons. The van der Waals surface area contributed by atoms with Crippen LogP contribution in [0.1, 0.15) is 0 Å². The number of aromatic nitrogens is 4. The number of rotatable bonds is 3. The minimum absolute atomic E-state index is 0.645. The highest BCUT2D eigenvalue weighted by Gasteiger charge is 2.24. The average Bonchev–Trinajstić information content (AvgIpc) is 3.85. The maximum atomic E-state index is 5.82. The molecule has 0 aliphatic heterocycles. The normalized spacial score (nSPS) is 12.2. The van der Waals surface area contributed by atoms with Gasteiger partial charge in [-0.1, -0.05) is 158 Å². The molecule has 0 aliphatic rings. The number of para-hydroxylation sites is 2. The molecule has 286 valence electrons. The van der Waals surface area contributed by atoms with E-state index in [1.807, 2.05) is 0 Å². The Morgan fingerprint density at radius 1 is 0.290 bits per heavy atom. The molecule has 3 aromatic heterocycles. The molecular weight excluding hydrogens is 753 g/mol. The van der Waals surface area contributed by atoms with Gasteiger partial charge in [-0.15, -0.1) is 0 Å². The molecular formula is C58H34N4. The van der Waals surface area contributed by atoms with E-state index in [9.17, 15) is 0 Å². The molecule has 0 atom stereocenters. The van der Waals surface area contributed by atoms with Crippen LogP contribution < -0.4 is 0 Å². The van der Waals surface area contributed by atoms with Crippen LogP contribution in [0.3, 0.4) is 0 Å². The molecule has 0 aliphatic carbocycles. The van der Waals surface area contributed by atoms with Crippen molar-refractivity contribution in [1.29, 1.82) is 0 Å². The second-order valence-electron chi connectivity index (χ2n) is 16.5. The van der Waals surface area contributed by atoms with Crippen LogP contribution in [-0.4, -0.2) is 19.1 Å². The summed E-state index contributed by atoms with van der Waals surface area (Å²) in [7, 11) is 0. The Kier molecular flexibility index (Phi) is 6.80. The topological polar surface area (TPSA) is 35.6 Å². The van der Waals surface area contributed by atoms with E-state index in [0.717, 1.165) is 60.7 Å². The van der Waals surface area contributed by atoms with Crippen LogP contribution in [0.2, 0.25) is 0 Å². The van der Waals surface area contributed by atoms with Crippen LogP contribution in [-0.2, 0) is 0 Å². The van der Waals surface area contributed by atoms with Crippen LogP contribution in [0, 0.1) is 0 Å². The van der Waals surface area contributed by atoms with Crippen LogP contribution in [0.25, 0.3) is 131 Å². The van der Waals surface area contributed by atoms with E-state index in [1.54, 1.807) is 0 Å². The Labute approximate surface area is 355 Å². The number of hydrogen-bond acceptors (Lipinski definition) is 2. The van der Waals surface area contributed by atoms with Crippen molar-refractivity contribution < 1.29 is 0 Å². The number of nitrogens with zero attached hydrogens (tertiary/aromatic N) is 4. The monoisotopic (exact) mass is 786 g/mol. The van der Waals surface area contributed by atoms with Crippen molar-refractivity contribution in [2.75, 3.05) is 0 Å². The first-order valence-corrected chi connectivity index (χ1v) is 21.3. The minimum atomic E-state index is 0.645. The third-order valence-corrected chi connectivity index (χ3v) is 13.2. The maximum absolute atomic E-state index is 5.82. The van der Waals surface area contributed by atoms with E-state index in [0.29, 0.717) is 5.95 Å². The quantitative estimate of drug-likeness (QED) is 0.167.